The number of benzene rings is 1. The number of hydrogen-bond acceptors (Lipinski definition) is 2. The van der Waals surface area contributed by atoms with Crippen LogP contribution in [0.1, 0.15) is 25.3 Å². The van der Waals surface area contributed by atoms with Crippen molar-refractivity contribution in [2.24, 2.45) is 4.99 Å². The van der Waals surface area contributed by atoms with Crippen LogP contribution in [0.25, 0.3) is 5.69 Å². The minimum Gasteiger partial charge on any atom is -0.357 e. The van der Waals surface area contributed by atoms with Gasteiger partial charge in [0.2, 0.25) is 0 Å². The van der Waals surface area contributed by atoms with E-state index in [0.717, 1.165) is 44.2 Å². The minimum atomic E-state index is 0.791. The number of aromatic nitrogens is 2. The van der Waals surface area contributed by atoms with Crippen molar-refractivity contribution < 1.29 is 0 Å². The molecule has 0 radical (unpaired) electrons. The fourth-order valence-electron chi connectivity index (χ4n) is 2.86. The molecule has 2 heterocycles. The zero-order valence-electron chi connectivity index (χ0n) is 13.8. The van der Waals surface area contributed by atoms with Gasteiger partial charge in [-0.3, -0.25) is 4.99 Å². The predicted molar refractivity (Wildman–Crippen MR) is 94.1 cm³/mol. The summed E-state index contributed by atoms with van der Waals surface area (Å²) in [5.41, 5.74) is 2.31. The third-order valence-electron chi connectivity index (χ3n) is 4.06. The first-order chi connectivity index (χ1) is 11.4. The van der Waals surface area contributed by atoms with Crippen LogP contribution in [0.4, 0.5) is 0 Å². The summed E-state index contributed by atoms with van der Waals surface area (Å²) in [4.78, 5) is 7.13. The van der Waals surface area contributed by atoms with E-state index in [2.05, 4.69) is 40.6 Å². The van der Waals surface area contributed by atoms with Gasteiger partial charge in [0.1, 0.15) is 0 Å². The van der Waals surface area contributed by atoms with Gasteiger partial charge in [0, 0.05) is 32.4 Å². The standard InChI is InChI=1S/C18H25N5/c1-2-19-18(22-12-6-7-13-22)20-11-10-16-14-21-23(15-16)17-8-4-3-5-9-17/h3-5,8-9,14-15H,2,6-7,10-13H2,1H3,(H,19,20). The van der Waals surface area contributed by atoms with Crippen molar-refractivity contribution in [3.05, 3.63) is 48.3 Å². The fourth-order valence-corrected chi connectivity index (χ4v) is 2.86. The summed E-state index contributed by atoms with van der Waals surface area (Å²) in [7, 11) is 0. The second-order valence-corrected chi connectivity index (χ2v) is 5.81. The van der Waals surface area contributed by atoms with Crippen LogP contribution in [0.15, 0.2) is 47.7 Å². The van der Waals surface area contributed by atoms with Gasteiger partial charge >= 0.3 is 0 Å². The van der Waals surface area contributed by atoms with E-state index < -0.39 is 0 Å². The Kier molecular flexibility index (Phi) is 5.29. The highest BCUT2D eigenvalue weighted by atomic mass is 15.3. The van der Waals surface area contributed by atoms with Crippen molar-refractivity contribution >= 4 is 5.96 Å². The Balaban J connectivity index is 1.59. The molecule has 1 saturated heterocycles. The first kappa shape index (κ1) is 15.6. The maximum Gasteiger partial charge on any atom is 0.193 e. The topological polar surface area (TPSA) is 45.5 Å². The molecule has 1 aliphatic rings. The van der Waals surface area contributed by atoms with Gasteiger partial charge in [0.15, 0.2) is 5.96 Å². The maximum atomic E-state index is 4.77. The molecule has 122 valence electrons. The molecule has 0 spiro atoms. The molecule has 0 atom stereocenters. The van der Waals surface area contributed by atoms with Crippen LogP contribution in [-0.4, -0.2) is 46.8 Å². The largest absolute Gasteiger partial charge is 0.357 e. The normalized spacial score (nSPS) is 15.2. The smallest absolute Gasteiger partial charge is 0.193 e. The summed E-state index contributed by atoms with van der Waals surface area (Å²) < 4.78 is 1.92. The van der Waals surface area contributed by atoms with Gasteiger partial charge in [0.05, 0.1) is 11.9 Å². The average molecular weight is 311 g/mol. The third-order valence-corrected chi connectivity index (χ3v) is 4.06. The summed E-state index contributed by atoms with van der Waals surface area (Å²) in [6, 6.07) is 10.2. The first-order valence-electron chi connectivity index (χ1n) is 8.49. The van der Waals surface area contributed by atoms with Gasteiger partial charge in [-0.15, -0.1) is 0 Å². The molecule has 5 heteroatoms. The van der Waals surface area contributed by atoms with Crippen LogP contribution in [0.3, 0.4) is 0 Å². The fraction of sp³-hybridized carbons (Fsp3) is 0.444. The van der Waals surface area contributed by atoms with E-state index in [0.29, 0.717) is 0 Å². The van der Waals surface area contributed by atoms with Crippen LogP contribution in [0, 0.1) is 0 Å². The highest BCUT2D eigenvalue weighted by molar-refractivity contribution is 5.80. The Morgan fingerprint density at radius 3 is 2.74 bits per heavy atom. The lowest BCUT2D eigenvalue weighted by molar-refractivity contribution is 0.494. The molecule has 1 fully saturated rings. The van der Waals surface area contributed by atoms with Gasteiger partial charge in [-0.05, 0) is 43.9 Å². The number of nitrogens with zero attached hydrogens (tertiary/aromatic N) is 4. The van der Waals surface area contributed by atoms with E-state index in [1.165, 1.54) is 18.4 Å². The van der Waals surface area contributed by atoms with Crippen LogP contribution in [0.2, 0.25) is 0 Å². The van der Waals surface area contributed by atoms with Gasteiger partial charge in [-0.25, -0.2) is 4.68 Å². The lowest BCUT2D eigenvalue weighted by Crippen LogP contribution is -2.39. The van der Waals surface area contributed by atoms with E-state index in [4.69, 9.17) is 4.99 Å². The number of hydrogen-bond donors (Lipinski definition) is 1. The van der Waals surface area contributed by atoms with E-state index in [1.54, 1.807) is 0 Å². The minimum absolute atomic E-state index is 0.791. The van der Waals surface area contributed by atoms with Gasteiger partial charge in [-0.1, -0.05) is 18.2 Å². The average Bonchev–Trinajstić information content (AvgIpc) is 3.27. The molecule has 0 saturated carbocycles. The molecule has 3 rings (SSSR count). The number of guanidine groups is 1. The van der Waals surface area contributed by atoms with Crippen molar-refractivity contribution in [3.63, 3.8) is 0 Å². The van der Waals surface area contributed by atoms with Crippen molar-refractivity contribution in [2.75, 3.05) is 26.2 Å². The second-order valence-electron chi connectivity index (χ2n) is 5.81. The Morgan fingerprint density at radius 1 is 1.22 bits per heavy atom. The monoisotopic (exact) mass is 311 g/mol. The molecule has 0 unspecified atom stereocenters. The number of likely N-dealkylation sites (tertiary alicyclic amines) is 1. The molecule has 23 heavy (non-hydrogen) atoms. The van der Waals surface area contributed by atoms with E-state index >= 15 is 0 Å². The van der Waals surface area contributed by atoms with Crippen molar-refractivity contribution in [1.82, 2.24) is 20.0 Å². The van der Waals surface area contributed by atoms with Crippen LogP contribution < -0.4 is 5.32 Å². The number of nitrogens with one attached hydrogen (secondary N) is 1. The third kappa shape index (κ3) is 4.12. The Hall–Kier alpha value is -2.30. The predicted octanol–water partition coefficient (Wildman–Crippen LogP) is 2.48. The van der Waals surface area contributed by atoms with Gasteiger partial charge in [-0.2, -0.15) is 5.10 Å². The number of para-hydroxylation sites is 1. The highest BCUT2D eigenvalue weighted by Crippen LogP contribution is 2.09. The van der Waals surface area contributed by atoms with Gasteiger partial charge < -0.3 is 10.2 Å². The zero-order valence-corrected chi connectivity index (χ0v) is 13.8. The van der Waals surface area contributed by atoms with E-state index in [1.807, 2.05) is 29.1 Å². The lowest BCUT2D eigenvalue weighted by Gasteiger charge is -2.20. The van der Waals surface area contributed by atoms with Crippen LogP contribution >= 0.6 is 0 Å². The lowest BCUT2D eigenvalue weighted by atomic mass is 10.2. The van der Waals surface area contributed by atoms with Crippen molar-refractivity contribution in [3.8, 4) is 5.69 Å². The van der Waals surface area contributed by atoms with E-state index in [9.17, 15) is 0 Å². The summed E-state index contributed by atoms with van der Waals surface area (Å²) in [6.07, 6.45) is 7.48. The second kappa shape index (κ2) is 7.81. The van der Waals surface area contributed by atoms with Crippen LogP contribution in [0.5, 0.6) is 0 Å². The molecule has 1 aliphatic heterocycles. The molecule has 1 aromatic heterocycles. The Bertz CT molecular complexity index is 626. The molecule has 0 bridgehead atoms. The quantitative estimate of drug-likeness (QED) is 0.681. The maximum absolute atomic E-state index is 4.77. The Morgan fingerprint density at radius 2 is 2.00 bits per heavy atom. The summed E-state index contributed by atoms with van der Waals surface area (Å²) in [6.45, 7) is 6.08. The molecular formula is C18H25N5. The van der Waals surface area contributed by atoms with Crippen molar-refractivity contribution in [1.29, 1.82) is 0 Å². The molecule has 5 nitrogen and oxygen atoms in total. The Labute approximate surface area is 138 Å². The van der Waals surface area contributed by atoms with Gasteiger partial charge in [0.25, 0.3) is 0 Å². The summed E-state index contributed by atoms with van der Waals surface area (Å²) >= 11 is 0. The number of aliphatic imine (C=N–C) groups is 1. The van der Waals surface area contributed by atoms with Crippen molar-refractivity contribution in [2.45, 2.75) is 26.2 Å². The molecule has 0 aliphatic carbocycles. The molecule has 0 amide bonds. The summed E-state index contributed by atoms with van der Waals surface area (Å²) in [5.74, 6) is 1.06. The first-order valence-corrected chi connectivity index (χ1v) is 8.49. The van der Waals surface area contributed by atoms with Crippen LogP contribution in [-0.2, 0) is 6.42 Å². The highest BCUT2D eigenvalue weighted by Gasteiger charge is 2.15. The number of rotatable bonds is 5. The molecular weight excluding hydrogens is 286 g/mol. The molecule has 1 N–H and O–H groups in total. The zero-order chi connectivity index (χ0) is 15.9. The van der Waals surface area contributed by atoms with E-state index in [-0.39, 0.29) is 0 Å². The molecule has 1 aromatic carbocycles. The SMILES string of the molecule is CCNC(=NCCc1cnn(-c2ccccc2)c1)N1CCCC1. The summed E-state index contributed by atoms with van der Waals surface area (Å²) in [5, 5.41) is 7.84. The molecule has 2 aromatic rings.